The number of hydrogen-bond donors (Lipinski definition) is 2. The molecule has 138 valence electrons. The summed E-state index contributed by atoms with van der Waals surface area (Å²) in [4.78, 5) is 17.1. The average molecular weight is 425 g/mol. The monoisotopic (exact) mass is 424 g/mol. The quantitative estimate of drug-likeness (QED) is 0.741. The van der Waals surface area contributed by atoms with Gasteiger partial charge in [-0.1, -0.05) is 0 Å². The van der Waals surface area contributed by atoms with Crippen molar-refractivity contribution in [3.05, 3.63) is 52.0 Å². The van der Waals surface area contributed by atoms with Crippen molar-refractivity contribution in [2.45, 2.75) is 0 Å². The van der Waals surface area contributed by atoms with Crippen molar-refractivity contribution < 1.29 is 13.6 Å². The van der Waals surface area contributed by atoms with Crippen LogP contribution in [0.3, 0.4) is 0 Å². The molecular formula is C18H19BrF2N4O. The number of nitrogens with zero attached hydrogens (tertiary/aromatic N) is 2. The number of hydrogen-bond acceptors (Lipinski definition) is 4. The third-order valence-corrected chi connectivity index (χ3v) is 4.98. The number of likely N-dealkylation sites (N-methyl/N-ethyl adjacent to an activating group) is 1. The van der Waals surface area contributed by atoms with Gasteiger partial charge in [-0.25, -0.2) is 8.78 Å². The molecule has 1 aliphatic heterocycles. The van der Waals surface area contributed by atoms with Gasteiger partial charge in [0.25, 0.3) is 5.91 Å². The first kappa shape index (κ1) is 18.6. The zero-order valence-electron chi connectivity index (χ0n) is 14.2. The number of piperazine rings is 1. The van der Waals surface area contributed by atoms with Crippen LogP contribution in [0, 0.1) is 11.6 Å². The van der Waals surface area contributed by atoms with Crippen molar-refractivity contribution >= 4 is 38.9 Å². The molecule has 1 saturated heterocycles. The maximum absolute atomic E-state index is 14.0. The summed E-state index contributed by atoms with van der Waals surface area (Å²) in [5.74, 6) is -2.08. The van der Waals surface area contributed by atoms with Crippen LogP contribution >= 0.6 is 15.9 Å². The first-order valence-electron chi connectivity index (χ1n) is 8.14. The van der Waals surface area contributed by atoms with E-state index in [1.54, 1.807) is 18.2 Å². The number of carbonyl (C=O) groups excluding carboxylic acids is 1. The minimum Gasteiger partial charge on any atom is -0.399 e. The average Bonchev–Trinajstić information content (AvgIpc) is 2.58. The van der Waals surface area contributed by atoms with Crippen LogP contribution in [-0.2, 0) is 0 Å². The van der Waals surface area contributed by atoms with Gasteiger partial charge in [0.2, 0.25) is 0 Å². The van der Waals surface area contributed by atoms with Crippen molar-refractivity contribution in [2.75, 3.05) is 49.2 Å². The molecule has 0 bridgehead atoms. The van der Waals surface area contributed by atoms with Gasteiger partial charge in [-0.2, -0.15) is 0 Å². The standard InChI is InChI=1S/C18H19BrF2N4O/c1-24-4-6-25(7-5-24)16-3-2-12(22)10-13(16)18(26)23-17-14(19)8-11(20)9-15(17)21/h2-3,8-10H,4-7,22H2,1H3,(H,23,26). The Kier molecular flexibility index (Phi) is 5.43. The molecule has 0 atom stereocenters. The predicted molar refractivity (Wildman–Crippen MR) is 103 cm³/mol. The third-order valence-electron chi connectivity index (χ3n) is 4.35. The van der Waals surface area contributed by atoms with Gasteiger partial charge in [0.15, 0.2) is 5.82 Å². The van der Waals surface area contributed by atoms with Crippen LogP contribution in [0.1, 0.15) is 10.4 Å². The second-order valence-corrected chi connectivity index (χ2v) is 7.12. The molecule has 0 unspecified atom stereocenters. The maximum atomic E-state index is 14.0. The SMILES string of the molecule is CN1CCN(c2ccc(N)cc2C(=O)Nc2c(F)cc(F)cc2Br)CC1. The predicted octanol–water partition coefficient (Wildman–Crippen LogP) is 3.31. The van der Waals surface area contributed by atoms with E-state index < -0.39 is 17.5 Å². The molecular weight excluding hydrogens is 406 g/mol. The number of carbonyl (C=O) groups is 1. The summed E-state index contributed by atoms with van der Waals surface area (Å²) in [5, 5.41) is 2.52. The van der Waals surface area contributed by atoms with Gasteiger partial charge in [0.05, 0.1) is 11.3 Å². The Morgan fingerprint density at radius 3 is 2.50 bits per heavy atom. The van der Waals surface area contributed by atoms with E-state index in [0.29, 0.717) is 11.3 Å². The van der Waals surface area contributed by atoms with Crippen molar-refractivity contribution in [1.29, 1.82) is 0 Å². The molecule has 1 amide bonds. The summed E-state index contributed by atoms with van der Waals surface area (Å²) in [7, 11) is 2.04. The Hall–Kier alpha value is -2.19. The minimum absolute atomic E-state index is 0.108. The van der Waals surface area contributed by atoms with Gasteiger partial charge in [0.1, 0.15) is 5.82 Å². The zero-order chi connectivity index (χ0) is 18.8. The number of nitrogen functional groups attached to an aromatic ring is 1. The highest BCUT2D eigenvalue weighted by atomic mass is 79.9. The van der Waals surface area contributed by atoms with Gasteiger partial charge in [-0.15, -0.1) is 0 Å². The van der Waals surface area contributed by atoms with E-state index in [0.717, 1.165) is 44.0 Å². The fraction of sp³-hybridized carbons (Fsp3) is 0.278. The molecule has 2 aromatic carbocycles. The molecule has 8 heteroatoms. The van der Waals surface area contributed by atoms with E-state index in [1.807, 2.05) is 7.05 Å². The molecule has 0 aromatic heterocycles. The highest BCUT2D eigenvalue weighted by Gasteiger charge is 2.22. The largest absolute Gasteiger partial charge is 0.399 e. The highest BCUT2D eigenvalue weighted by Crippen LogP contribution is 2.30. The molecule has 2 aromatic rings. The topological polar surface area (TPSA) is 61.6 Å². The second kappa shape index (κ2) is 7.59. The van der Waals surface area contributed by atoms with Crippen LogP contribution in [-0.4, -0.2) is 44.0 Å². The number of benzene rings is 2. The third kappa shape index (κ3) is 3.96. The molecule has 3 rings (SSSR count). The van der Waals surface area contributed by atoms with Gasteiger partial charge >= 0.3 is 0 Å². The molecule has 3 N–H and O–H groups in total. The lowest BCUT2D eigenvalue weighted by molar-refractivity contribution is 0.102. The van der Waals surface area contributed by atoms with Gasteiger partial charge in [-0.3, -0.25) is 4.79 Å². The normalized spacial score (nSPS) is 15.2. The van der Waals surface area contributed by atoms with E-state index in [9.17, 15) is 13.6 Å². The Labute approximate surface area is 158 Å². The number of anilines is 3. The van der Waals surface area contributed by atoms with Crippen LogP contribution in [0.15, 0.2) is 34.8 Å². The molecule has 0 spiro atoms. The van der Waals surface area contributed by atoms with E-state index >= 15 is 0 Å². The molecule has 1 aliphatic rings. The summed E-state index contributed by atoms with van der Waals surface area (Å²) in [6.45, 7) is 3.30. The molecule has 5 nitrogen and oxygen atoms in total. The Bertz CT molecular complexity index is 815. The lowest BCUT2D eigenvalue weighted by atomic mass is 10.1. The first-order valence-corrected chi connectivity index (χ1v) is 8.93. The summed E-state index contributed by atoms with van der Waals surface area (Å²) >= 11 is 3.08. The van der Waals surface area contributed by atoms with Crippen molar-refractivity contribution in [2.24, 2.45) is 0 Å². The Balaban J connectivity index is 1.91. The van der Waals surface area contributed by atoms with Crippen LogP contribution in [0.2, 0.25) is 0 Å². The number of amides is 1. The first-order chi connectivity index (χ1) is 12.3. The number of rotatable bonds is 3. The Morgan fingerprint density at radius 2 is 1.85 bits per heavy atom. The van der Waals surface area contributed by atoms with Crippen molar-refractivity contribution in [3.63, 3.8) is 0 Å². The van der Waals surface area contributed by atoms with Crippen LogP contribution in [0.25, 0.3) is 0 Å². The van der Waals surface area contributed by atoms with Gasteiger partial charge in [0, 0.05) is 48.1 Å². The van der Waals surface area contributed by atoms with Crippen molar-refractivity contribution in [3.8, 4) is 0 Å². The van der Waals surface area contributed by atoms with Crippen LogP contribution in [0.5, 0.6) is 0 Å². The van der Waals surface area contributed by atoms with E-state index in [1.165, 1.54) is 0 Å². The molecule has 0 aliphatic carbocycles. The van der Waals surface area contributed by atoms with E-state index in [4.69, 9.17) is 5.73 Å². The summed E-state index contributed by atoms with van der Waals surface area (Å²) < 4.78 is 27.4. The summed E-state index contributed by atoms with van der Waals surface area (Å²) in [5.41, 5.74) is 7.27. The number of nitrogens with two attached hydrogens (primary N) is 1. The lowest BCUT2D eigenvalue weighted by Gasteiger charge is -2.35. The smallest absolute Gasteiger partial charge is 0.257 e. The van der Waals surface area contributed by atoms with E-state index in [2.05, 4.69) is 31.0 Å². The van der Waals surface area contributed by atoms with Gasteiger partial charge in [-0.05, 0) is 47.2 Å². The fourth-order valence-electron chi connectivity index (χ4n) is 2.90. The molecule has 0 saturated carbocycles. The molecule has 1 heterocycles. The molecule has 0 radical (unpaired) electrons. The minimum atomic E-state index is -0.852. The maximum Gasteiger partial charge on any atom is 0.257 e. The summed E-state index contributed by atoms with van der Waals surface area (Å²) in [6, 6.07) is 6.92. The summed E-state index contributed by atoms with van der Waals surface area (Å²) in [6.07, 6.45) is 0. The Morgan fingerprint density at radius 1 is 1.15 bits per heavy atom. The number of nitrogens with one attached hydrogen (secondary N) is 1. The fourth-order valence-corrected chi connectivity index (χ4v) is 3.41. The number of halogens is 3. The second-order valence-electron chi connectivity index (χ2n) is 6.27. The van der Waals surface area contributed by atoms with Crippen molar-refractivity contribution in [1.82, 2.24) is 4.90 Å². The molecule has 26 heavy (non-hydrogen) atoms. The molecule has 1 fully saturated rings. The van der Waals surface area contributed by atoms with E-state index in [-0.39, 0.29) is 10.2 Å². The zero-order valence-corrected chi connectivity index (χ0v) is 15.8. The van der Waals surface area contributed by atoms with Crippen LogP contribution < -0.4 is 16.0 Å². The van der Waals surface area contributed by atoms with Crippen LogP contribution in [0.4, 0.5) is 25.8 Å². The highest BCUT2D eigenvalue weighted by molar-refractivity contribution is 9.10. The van der Waals surface area contributed by atoms with Gasteiger partial charge < -0.3 is 20.9 Å². The lowest BCUT2D eigenvalue weighted by Crippen LogP contribution is -2.45.